The molecule has 0 amide bonds. The highest BCUT2D eigenvalue weighted by Crippen LogP contribution is 2.48. The number of benzene rings is 2. The van der Waals surface area contributed by atoms with Crippen molar-refractivity contribution in [2.45, 2.75) is 55.1 Å². The summed E-state index contributed by atoms with van der Waals surface area (Å²) < 4.78 is 5.01. The van der Waals surface area contributed by atoms with Crippen molar-refractivity contribution in [1.29, 1.82) is 0 Å². The molecular formula is C24H26Br2O2S. The summed E-state index contributed by atoms with van der Waals surface area (Å²) in [7, 11) is 1.55. The van der Waals surface area contributed by atoms with Crippen LogP contribution in [0.25, 0.3) is 0 Å². The van der Waals surface area contributed by atoms with E-state index in [0.717, 1.165) is 29.5 Å². The summed E-state index contributed by atoms with van der Waals surface area (Å²) >= 11 is 12.5. The Balaban J connectivity index is 2.13. The molecular weight excluding hydrogens is 512 g/mol. The monoisotopic (exact) mass is 536 g/mol. The summed E-state index contributed by atoms with van der Waals surface area (Å²) in [5.74, 6) is 0.0146. The van der Waals surface area contributed by atoms with E-state index in [0.29, 0.717) is 10.6 Å². The molecule has 0 saturated carbocycles. The fraction of sp³-hybridized carbons (Fsp3) is 0.417. The molecule has 0 aromatic heterocycles. The number of ether oxygens (including phenoxy) is 1. The zero-order chi connectivity index (χ0) is 21.6. The van der Waals surface area contributed by atoms with Gasteiger partial charge in [0.15, 0.2) is 10.8 Å². The summed E-state index contributed by atoms with van der Waals surface area (Å²) in [5.41, 5.74) is 5.89. The average molecular weight is 538 g/mol. The molecule has 2 aromatic carbocycles. The van der Waals surface area contributed by atoms with Gasteiger partial charge in [-0.25, -0.2) is 0 Å². The van der Waals surface area contributed by atoms with Gasteiger partial charge >= 0.3 is 0 Å². The molecule has 0 fully saturated rings. The van der Waals surface area contributed by atoms with Gasteiger partial charge in [-0.1, -0.05) is 77.8 Å². The van der Waals surface area contributed by atoms with Crippen LogP contribution in [0.1, 0.15) is 82.4 Å². The van der Waals surface area contributed by atoms with Crippen LogP contribution in [0.3, 0.4) is 0 Å². The molecule has 0 heterocycles. The molecule has 154 valence electrons. The number of fused-ring (bicyclic) bond motifs is 1. The predicted molar refractivity (Wildman–Crippen MR) is 131 cm³/mol. The van der Waals surface area contributed by atoms with Crippen molar-refractivity contribution in [1.82, 2.24) is 0 Å². The van der Waals surface area contributed by atoms with E-state index in [1.165, 1.54) is 11.1 Å². The first-order valence-electron chi connectivity index (χ1n) is 9.68. The summed E-state index contributed by atoms with van der Waals surface area (Å²) in [4.78, 5) is 13.5. The number of alkyl halides is 2. The van der Waals surface area contributed by atoms with E-state index in [4.69, 9.17) is 17.0 Å². The van der Waals surface area contributed by atoms with Crippen LogP contribution in [-0.2, 0) is 15.6 Å². The summed E-state index contributed by atoms with van der Waals surface area (Å²) in [6, 6.07) is 11.6. The molecule has 0 N–H and O–H groups in total. The minimum absolute atomic E-state index is 0.0146. The highest BCUT2D eigenvalue weighted by atomic mass is 79.9. The van der Waals surface area contributed by atoms with Gasteiger partial charge in [-0.2, -0.15) is 0 Å². The van der Waals surface area contributed by atoms with Crippen LogP contribution in [0.4, 0.5) is 0 Å². The van der Waals surface area contributed by atoms with Crippen LogP contribution in [-0.4, -0.2) is 17.9 Å². The first-order chi connectivity index (χ1) is 13.5. The third kappa shape index (κ3) is 4.38. The molecule has 0 atom stereocenters. The molecule has 0 saturated heterocycles. The largest absolute Gasteiger partial charge is 0.486 e. The Morgan fingerprint density at radius 2 is 1.45 bits per heavy atom. The lowest BCUT2D eigenvalue weighted by molar-refractivity contribution is 0.103. The van der Waals surface area contributed by atoms with Gasteiger partial charge in [0.2, 0.25) is 0 Å². The van der Waals surface area contributed by atoms with Crippen molar-refractivity contribution in [3.05, 3.63) is 69.8 Å². The number of hydrogen-bond acceptors (Lipinski definition) is 3. The molecule has 3 rings (SSSR count). The van der Waals surface area contributed by atoms with Gasteiger partial charge in [-0.3, -0.25) is 4.79 Å². The highest BCUT2D eigenvalue weighted by Gasteiger charge is 2.38. The van der Waals surface area contributed by atoms with Gasteiger partial charge in [0, 0.05) is 16.7 Å². The number of ketones is 1. The van der Waals surface area contributed by atoms with Crippen LogP contribution in [0.2, 0.25) is 0 Å². The molecule has 1 aliphatic carbocycles. The zero-order valence-electron chi connectivity index (χ0n) is 17.4. The van der Waals surface area contributed by atoms with Crippen molar-refractivity contribution in [3.8, 4) is 0 Å². The lowest BCUT2D eigenvalue weighted by Gasteiger charge is -2.42. The highest BCUT2D eigenvalue weighted by molar-refractivity contribution is 9.24. The fourth-order valence-corrected chi connectivity index (χ4v) is 4.93. The third-order valence-electron chi connectivity index (χ3n) is 6.07. The van der Waals surface area contributed by atoms with E-state index in [-0.39, 0.29) is 20.3 Å². The molecule has 0 aliphatic heterocycles. The molecule has 0 bridgehead atoms. The van der Waals surface area contributed by atoms with Crippen molar-refractivity contribution in [2.75, 3.05) is 7.11 Å². The topological polar surface area (TPSA) is 26.3 Å². The second-order valence-corrected chi connectivity index (χ2v) is 12.4. The predicted octanol–water partition coefficient (Wildman–Crippen LogP) is 7.38. The standard InChI is InChI=1S/C24H26Br2O2S/c1-23(2)10-11-24(3,4)19-13-17(21(25)26)16(12-18(19)23)20(27)14-6-8-15(9-7-14)22(29)28-5/h6-9,12-13,21H,10-11H2,1-5H3. The summed E-state index contributed by atoms with van der Waals surface area (Å²) in [5, 5.41) is 0.420. The van der Waals surface area contributed by atoms with Crippen molar-refractivity contribution in [3.63, 3.8) is 0 Å². The number of halogens is 2. The first kappa shape index (κ1) is 22.6. The van der Waals surface area contributed by atoms with E-state index in [1.807, 2.05) is 24.3 Å². The number of methoxy groups -OCH3 is 1. The van der Waals surface area contributed by atoms with Gasteiger partial charge < -0.3 is 4.74 Å². The SMILES string of the molecule is COC(=S)c1ccc(C(=O)c2cc3c(cc2C(Br)Br)C(C)(C)CCC3(C)C)cc1. The van der Waals surface area contributed by atoms with E-state index >= 15 is 0 Å². The molecule has 0 radical (unpaired) electrons. The molecule has 0 unspecified atom stereocenters. The summed E-state index contributed by atoms with van der Waals surface area (Å²) in [6.45, 7) is 9.13. The van der Waals surface area contributed by atoms with E-state index in [9.17, 15) is 4.79 Å². The van der Waals surface area contributed by atoms with Gasteiger partial charge in [-0.15, -0.1) is 0 Å². The maximum absolute atomic E-state index is 13.5. The second-order valence-electron chi connectivity index (χ2n) is 8.95. The molecule has 1 aliphatic rings. The number of carbonyl (C=O) groups excluding carboxylic acids is 1. The van der Waals surface area contributed by atoms with Crippen molar-refractivity contribution < 1.29 is 9.53 Å². The lowest BCUT2D eigenvalue weighted by Crippen LogP contribution is -2.34. The maximum Gasteiger partial charge on any atom is 0.193 e. The van der Waals surface area contributed by atoms with Gasteiger partial charge in [0.1, 0.15) is 0 Å². The molecule has 5 heteroatoms. The second kappa shape index (κ2) is 8.24. The Morgan fingerprint density at radius 3 is 1.93 bits per heavy atom. The Hall–Kier alpha value is -1.04. The number of hydrogen-bond donors (Lipinski definition) is 0. The van der Waals surface area contributed by atoms with Crippen LogP contribution in [0.5, 0.6) is 0 Å². The molecule has 0 spiro atoms. The number of thiocarbonyl (C=S) groups is 1. The first-order valence-corrected chi connectivity index (χ1v) is 11.9. The van der Waals surface area contributed by atoms with E-state index in [1.54, 1.807) is 7.11 Å². The smallest absolute Gasteiger partial charge is 0.193 e. The quantitative estimate of drug-likeness (QED) is 0.231. The molecule has 2 aromatic rings. The van der Waals surface area contributed by atoms with Gasteiger partial charge in [0.05, 0.1) is 10.8 Å². The fourth-order valence-electron chi connectivity index (χ4n) is 4.04. The van der Waals surface area contributed by atoms with Crippen LogP contribution < -0.4 is 0 Å². The number of rotatable bonds is 4. The van der Waals surface area contributed by atoms with Gasteiger partial charge in [0.25, 0.3) is 0 Å². The Morgan fingerprint density at radius 1 is 0.966 bits per heavy atom. The summed E-state index contributed by atoms with van der Waals surface area (Å²) in [6.07, 6.45) is 2.24. The minimum Gasteiger partial charge on any atom is -0.486 e. The Bertz CT molecular complexity index is 960. The van der Waals surface area contributed by atoms with Crippen molar-refractivity contribution in [2.24, 2.45) is 0 Å². The number of carbonyl (C=O) groups is 1. The van der Waals surface area contributed by atoms with E-state index in [2.05, 4.69) is 71.7 Å². The molecule has 29 heavy (non-hydrogen) atoms. The van der Waals surface area contributed by atoms with Crippen LogP contribution >= 0.6 is 44.1 Å². The maximum atomic E-state index is 13.5. The average Bonchev–Trinajstić information content (AvgIpc) is 2.69. The van der Waals surface area contributed by atoms with Crippen LogP contribution in [0, 0.1) is 0 Å². The van der Waals surface area contributed by atoms with Crippen molar-refractivity contribution >= 4 is 54.9 Å². The van der Waals surface area contributed by atoms with E-state index < -0.39 is 0 Å². The Kier molecular flexibility index (Phi) is 6.43. The lowest BCUT2D eigenvalue weighted by atomic mass is 9.62. The van der Waals surface area contributed by atoms with Gasteiger partial charge in [-0.05, 0) is 70.8 Å². The minimum atomic E-state index is -0.0968. The third-order valence-corrected chi connectivity index (χ3v) is 7.46. The molecule has 2 nitrogen and oxygen atoms in total. The van der Waals surface area contributed by atoms with Crippen LogP contribution in [0.15, 0.2) is 36.4 Å². The normalized spacial score (nSPS) is 17.0. The Labute approximate surface area is 195 Å². The zero-order valence-corrected chi connectivity index (χ0v) is 21.4.